The van der Waals surface area contributed by atoms with Crippen molar-refractivity contribution < 1.29 is 19.1 Å². The van der Waals surface area contributed by atoms with Crippen molar-refractivity contribution in [2.75, 3.05) is 6.61 Å². The van der Waals surface area contributed by atoms with E-state index in [1.54, 1.807) is 0 Å². The Morgan fingerprint density at radius 1 is 1.00 bits per heavy atom. The minimum absolute atomic E-state index is 0.134. The van der Waals surface area contributed by atoms with Crippen LogP contribution >= 0.6 is 0 Å². The Balaban J connectivity index is 2.35. The van der Waals surface area contributed by atoms with Crippen LogP contribution in [0.2, 0.25) is 0 Å². The zero-order chi connectivity index (χ0) is 16.6. The van der Waals surface area contributed by atoms with Crippen molar-refractivity contribution in [3.8, 4) is 0 Å². The minimum atomic E-state index is -0.468. The van der Waals surface area contributed by atoms with E-state index in [-0.39, 0.29) is 23.8 Å². The summed E-state index contributed by atoms with van der Waals surface area (Å²) in [6, 6.07) is 0. The van der Waals surface area contributed by atoms with E-state index in [0.717, 1.165) is 32.1 Å². The maximum absolute atomic E-state index is 12.1. The molecule has 0 aromatic carbocycles. The zero-order valence-electron chi connectivity index (χ0n) is 14.7. The fourth-order valence-corrected chi connectivity index (χ4v) is 2.82. The van der Waals surface area contributed by atoms with E-state index in [2.05, 4.69) is 6.92 Å². The van der Waals surface area contributed by atoms with Crippen LogP contribution in [0.3, 0.4) is 0 Å². The molecule has 0 amide bonds. The molecule has 1 aliphatic carbocycles. The van der Waals surface area contributed by atoms with Gasteiger partial charge in [0.25, 0.3) is 0 Å². The highest BCUT2D eigenvalue weighted by Crippen LogP contribution is 2.31. The Bertz CT molecular complexity index is 357. The number of unbranched alkanes of at least 4 members (excludes halogenated alkanes) is 3. The van der Waals surface area contributed by atoms with Crippen LogP contribution in [0, 0.1) is 11.8 Å². The van der Waals surface area contributed by atoms with Gasteiger partial charge in [-0.05, 0) is 46.5 Å². The summed E-state index contributed by atoms with van der Waals surface area (Å²) >= 11 is 0. The van der Waals surface area contributed by atoms with E-state index in [4.69, 9.17) is 9.47 Å². The third-order valence-electron chi connectivity index (χ3n) is 3.99. The molecule has 0 aliphatic heterocycles. The van der Waals surface area contributed by atoms with E-state index in [0.29, 0.717) is 13.0 Å². The smallest absolute Gasteiger partial charge is 0.309 e. The van der Waals surface area contributed by atoms with Gasteiger partial charge in [-0.25, -0.2) is 0 Å². The van der Waals surface area contributed by atoms with Crippen LogP contribution in [-0.4, -0.2) is 24.1 Å². The normalized spacial score (nSPS) is 22.2. The maximum Gasteiger partial charge on any atom is 0.309 e. The molecule has 1 aliphatic rings. The molecule has 22 heavy (non-hydrogen) atoms. The number of hydrogen-bond donors (Lipinski definition) is 0. The van der Waals surface area contributed by atoms with E-state index in [1.165, 1.54) is 12.8 Å². The van der Waals surface area contributed by atoms with E-state index in [1.807, 2.05) is 20.8 Å². The number of carbonyl (C=O) groups excluding carboxylic acids is 2. The highest BCUT2D eigenvalue weighted by atomic mass is 16.6. The monoisotopic (exact) mass is 312 g/mol. The van der Waals surface area contributed by atoms with E-state index in [9.17, 15) is 9.59 Å². The van der Waals surface area contributed by atoms with Crippen LogP contribution < -0.4 is 0 Å². The van der Waals surface area contributed by atoms with Crippen molar-refractivity contribution in [2.45, 2.75) is 84.7 Å². The predicted molar refractivity (Wildman–Crippen MR) is 86.4 cm³/mol. The van der Waals surface area contributed by atoms with Gasteiger partial charge < -0.3 is 9.47 Å². The molecule has 0 radical (unpaired) electrons. The van der Waals surface area contributed by atoms with Crippen LogP contribution in [-0.2, 0) is 19.1 Å². The van der Waals surface area contributed by atoms with Gasteiger partial charge >= 0.3 is 11.9 Å². The lowest BCUT2D eigenvalue weighted by Gasteiger charge is -2.29. The first kappa shape index (κ1) is 19.0. The summed E-state index contributed by atoms with van der Waals surface area (Å²) in [5, 5.41) is 0. The van der Waals surface area contributed by atoms with Gasteiger partial charge in [0, 0.05) is 0 Å². The number of esters is 2. The summed E-state index contributed by atoms with van der Waals surface area (Å²) in [6.07, 6.45) is 7.50. The maximum atomic E-state index is 12.1. The third-order valence-corrected chi connectivity index (χ3v) is 3.99. The molecule has 128 valence electrons. The highest BCUT2D eigenvalue weighted by Gasteiger charge is 2.34. The molecule has 0 heterocycles. The molecule has 1 rings (SSSR count). The Morgan fingerprint density at radius 2 is 1.64 bits per heavy atom. The first-order valence-corrected chi connectivity index (χ1v) is 8.73. The molecule has 0 spiro atoms. The lowest BCUT2D eigenvalue weighted by molar-refractivity contribution is -0.163. The molecule has 2 unspecified atom stereocenters. The molecular formula is C18H32O4. The summed E-state index contributed by atoms with van der Waals surface area (Å²) in [5.41, 5.74) is -0.468. The van der Waals surface area contributed by atoms with Gasteiger partial charge in [0.2, 0.25) is 0 Å². The largest absolute Gasteiger partial charge is 0.465 e. The number of rotatable bonds is 7. The van der Waals surface area contributed by atoms with Gasteiger partial charge in [0.1, 0.15) is 5.60 Å². The van der Waals surface area contributed by atoms with Gasteiger partial charge in [0.05, 0.1) is 18.4 Å². The molecule has 1 fully saturated rings. The molecule has 0 saturated heterocycles. The van der Waals surface area contributed by atoms with Crippen LogP contribution in [0.15, 0.2) is 0 Å². The zero-order valence-corrected chi connectivity index (χ0v) is 14.7. The number of hydrogen-bond acceptors (Lipinski definition) is 4. The van der Waals surface area contributed by atoms with Crippen molar-refractivity contribution in [1.82, 2.24) is 0 Å². The van der Waals surface area contributed by atoms with Crippen LogP contribution in [0.5, 0.6) is 0 Å². The van der Waals surface area contributed by atoms with Crippen LogP contribution in [0.1, 0.15) is 79.1 Å². The molecule has 0 N–H and O–H groups in total. The second kappa shape index (κ2) is 9.16. The number of carbonyl (C=O) groups is 2. The highest BCUT2D eigenvalue weighted by molar-refractivity contribution is 5.76. The van der Waals surface area contributed by atoms with Gasteiger partial charge in [-0.3, -0.25) is 9.59 Å². The Morgan fingerprint density at radius 3 is 2.23 bits per heavy atom. The lowest BCUT2D eigenvalue weighted by Crippen LogP contribution is -2.33. The summed E-state index contributed by atoms with van der Waals surface area (Å²) in [6.45, 7) is 8.28. The molecule has 1 saturated carbocycles. The molecule has 4 nitrogen and oxygen atoms in total. The van der Waals surface area contributed by atoms with Gasteiger partial charge in [-0.15, -0.1) is 0 Å². The summed E-state index contributed by atoms with van der Waals surface area (Å²) in [7, 11) is 0. The average molecular weight is 312 g/mol. The third kappa shape index (κ3) is 7.28. The average Bonchev–Trinajstić information content (AvgIpc) is 2.45. The molecule has 0 bridgehead atoms. The Hall–Kier alpha value is -1.06. The van der Waals surface area contributed by atoms with Crippen molar-refractivity contribution in [2.24, 2.45) is 11.8 Å². The molecule has 0 aromatic heterocycles. The summed E-state index contributed by atoms with van der Waals surface area (Å²) in [5.74, 6) is -0.610. The number of ether oxygens (including phenoxy) is 2. The second-order valence-electron chi connectivity index (χ2n) is 7.32. The predicted octanol–water partition coefficient (Wildman–Crippen LogP) is 4.26. The van der Waals surface area contributed by atoms with Crippen LogP contribution in [0.4, 0.5) is 0 Å². The van der Waals surface area contributed by atoms with Crippen molar-refractivity contribution in [3.05, 3.63) is 0 Å². The Labute approximate surface area is 134 Å². The van der Waals surface area contributed by atoms with Crippen molar-refractivity contribution >= 4 is 11.9 Å². The first-order chi connectivity index (χ1) is 10.3. The van der Waals surface area contributed by atoms with Crippen LogP contribution in [0.25, 0.3) is 0 Å². The molecular weight excluding hydrogens is 280 g/mol. The standard InChI is InChI=1S/C18H32O4/c1-5-6-7-8-12-21-16(19)14-10-9-11-15(13-14)17(20)22-18(2,3)4/h14-15H,5-13H2,1-4H3. The topological polar surface area (TPSA) is 52.6 Å². The minimum Gasteiger partial charge on any atom is -0.465 e. The quantitative estimate of drug-likeness (QED) is 0.520. The SMILES string of the molecule is CCCCCCOC(=O)C1CCCC(C(=O)OC(C)(C)C)C1. The van der Waals surface area contributed by atoms with Crippen molar-refractivity contribution in [1.29, 1.82) is 0 Å². The van der Waals surface area contributed by atoms with Crippen molar-refractivity contribution in [3.63, 3.8) is 0 Å². The van der Waals surface area contributed by atoms with Gasteiger partial charge in [-0.2, -0.15) is 0 Å². The fourth-order valence-electron chi connectivity index (χ4n) is 2.82. The molecule has 4 heteroatoms. The lowest BCUT2D eigenvalue weighted by atomic mass is 9.81. The fraction of sp³-hybridized carbons (Fsp3) is 0.889. The van der Waals surface area contributed by atoms with E-state index < -0.39 is 5.60 Å². The van der Waals surface area contributed by atoms with E-state index >= 15 is 0 Å². The van der Waals surface area contributed by atoms with Gasteiger partial charge in [0.15, 0.2) is 0 Å². The molecule has 0 aromatic rings. The Kier molecular flexibility index (Phi) is 7.91. The molecule has 2 atom stereocenters. The summed E-state index contributed by atoms with van der Waals surface area (Å²) < 4.78 is 10.8. The van der Waals surface area contributed by atoms with Gasteiger partial charge in [-0.1, -0.05) is 32.6 Å². The first-order valence-electron chi connectivity index (χ1n) is 8.73. The second-order valence-corrected chi connectivity index (χ2v) is 7.32. The summed E-state index contributed by atoms with van der Waals surface area (Å²) in [4.78, 5) is 24.2.